The smallest absolute Gasteiger partial charge is 0.414 e. The number of nitrogens with one attached hydrogen (secondary N) is 1. The average molecular weight is 775 g/mol. The van der Waals surface area contributed by atoms with Crippen LogP contribution in [0.4, 0.5) is 15.3 Å². The van der Waals surface area contributed by atoms with Crippen molar-refractivity contribution in [3.8, 4) is 17.3 Å². The maximum absolute atomic E-state index is 13.8. The quantitative estimate of drug-likeness (QED) is 0.170. The molecule has 3 aromatic heterocycles. The van der Waals surface area contributed by atoms with Crippen LogP contribution in [0.2, 0.25) is 0 Å². The number of rotatable bonds is 11. The Labute approximate surface area is 319 Å². The predicted octanol–water partition coefficient (Wildman–Crippen LogP) is 3.11. The van der Waals surface area contributed by atoms with Gasteiger partial charge in [0.05, 0.1) is 37.5 Å². The van der Waals surface area contributed by atoms with Gasteiger partial charge in [0.15, 0.2) is 24.0 Å². The van der Waals surface area contributed by atoms with E-state index in [9.17, 15) is 28.8 Å². The lowest BCUT2D eigenvalue weighted by Crippen LogP contribution is -2.64. The van der Waals surface area contributed by atoms with E-state index < -0.39 is 66.7 Å². The molecule has 0 aliphatic carbocycles. The lowest BCUT2D eigenvalue weighted by atomic mass is 9.97. The first-order valence-corrected chi connectivity index (χ1v) is 17.0. The van der Waals surface area contributed by atoms with Crippen molar-refractivity contribution in [2.75, 3.05) is 19.5 Å². The van der Waals surface area contributed by atoms with Gasteiger partial charge in [-0.05, 0) is 24.6 Å². The molecule has 0 saturated carbocycles. The summed E-state index contributed by atoms with van der Waals surface area (Å²) in [5.74, 6) is -3.77. The first-order chi connectivity index (χ1) is 26.7. The lowest BCUT2D eigenvalue weighted by Gasteiger charge is -2.42. The van der Waals surface area contributed by atoms with Gasteiger partial charge in [-0.3, -0.25) is 28.9 Å². The summed E-state index contributed by atoms with van der Waals surface area (Å²) in [7, 11) is 2.57. The molecule has 1 aliphatic heterocycles. The first kappa shape index (κ1) is 40.3. The molecular formula is C36H38N8O12. The van der Waals surface area contributed by atoms with Crippen LogP contribution in [0.3, 0.4) is 0 Å². The summed E-state index contributed by atoms with van der Waals surface area (Å²) in [6.45, 7) is 4.94. The highest BCUT2D eigenvalue weighted by molar-refractivity contribution is 5.96. The molecule has 0 bridgehead atoms. The van der Waals surface area contributed by atoms with Gasteiger partial charge in [-0.25, -0.2) is 24.4 Å². The minimum atomic E-state index is -1.88. The van der Waals surface area contributed by atoms with Crippen molar-refractivity contribution in [2.24, 2.45) is 0 Å². The highest BCUT2D eigenvalue weighted by Gasteiger charge is 2.56. The second-order valence-electron chi connectivity index (χ2n) is 12.6. The summed E-state index contributed by atoms with van der Waals surface area (Å²) < 4.78 is 34.8. The summed E-state index contributed by atoms with van der Waals surface area (Å²) in [6, 6.07) is 9.72. The van der Waals surface area contributed by atoms with Crippen molar-refractivity contribution in [1.82, 2.24) is 29.2 Å². The Morgan fingerprint density at radius 2 is 1.64 bits per heavy atom. The number of aromatic nitrogens is 5. The zero-order valence-corrected chi connectivity index (χ0v) is 31.1. The van der Waals surface area contributed by atoms with Crippen molar-refractivity contribution < 1.29 is 57.2 Å². The van der Waals surface area contributed by atoms with Gasteiger partial charge in [-0.15, -0.1) is 0 Å². The van der Waals surface area contributed by atoms with Gasteiger partial charge in [0.2, 0.25) is 12.4 Å². The van der Waals surface area contributed by atoms with Gasteiger partial charge in [0, 0.05) is 63.4 Å². The molecule has 0 radical (unpaired) electrons. The Morgan fingerprint density at radius 3 is 2.32 bits per heavy atom. The molecule has 1 N–H and O–H groups in total. The molecule has 0 unspecified atom stereocenters. The van der Waals surface area contributed by atoms with Gasteiger partial charge in [-0.2, -0.15) is 10.4 Å². The maximum Gasteiger partial charge on any atom is 0.414 e. The number of benzene rings is 1. The average Bonchev–Trinajstić information content (AvgIpc) is 3.82. The van der Waals surface area contributed by atoms with Crippen molar-refractivity contribution in [1.29, 1.82) is 5.26 Å². The third kappa shape index (κ3) is 9.07. The van der Waals surface area contributed by atoms with Crippen LogP contribution in [0.1, 0.15) is 45.7 Å². The van der Waals surface area contributed by atoms with Crippen LogP contribution in [-0.2, 0) is 54.1 Å². The number of amides is 2. The Balaban J connectivity index is 1.34. The fourth-order valence-corrected chi connectivity index (χ4v) is 5.97. The van der Waals surface area contributed by atoms with Crippen LogP contribution in [0.25, 0.3) is 22.3 Å². The Kier molecular flexibility index (Phi) is 12.6. The number of para-hydroxylation sites is 1. The van der Waals surface area contributed by atoms with E-state index in [0.717, 1.165) is 27.9 Å². The van der Waals surface area contributed by atoms with Gasteiger partial charge < -0.3 is 33.3 Å². The van der Waals surface area contributed by atoms with Crippen LogP contribution in [0.15, 0.2) is 55.2 Å². The summed E-state index contributed by atoms with van der Waals surface area (Å²) >= 11 is 0. The van der Waals surface area contributed by atoms with E-state index >= 15 is 0 Å². The standard InChI is InChI=1S/C36H38N8O12/c1-19(11-13-37)44-17-24(15-40-44)27-25-12-14-43(32(25)39-18-38-27)36(50)42(5)16-23-9-7-8-10-26(23)41-35(49)56-34-31(54-22(4)47)29(53-21(3)46)28(52-20(2)45)30(55-34)33(48)51-6/h7-10,12,14-15,17-19,28-31,34H,11,16H2,1-6H3,(H,41,49)/t19-,28-,29-,30-,31+,34-/m0/s1. The molecule has 5 rings (SSSR count). The molecule has 4 heterocycles. The van der Waals surface area contributed by atoms with Crippen LogP contribution in [-0.4, -0.2) is 110 Å². The Bertz CT molecular complexity index is 2180. The zero-order valence-electron chi connectivity index (χ0n) is 31.1. The molecule has 294 valence electrons. The maximum atomic E-state index is 13.8. The highest BCUT2D eigenvalue weighted by atomic mass is 16.8. The number of hydrogen-bond donors (Lipinski definition) is 1. The lowest BCUT2D eigenvalue weighted by molar-refractivity contribution is -0.287. The van der Waals surface area contributed by atoms with Gasteiger partial charge in [0.25, 0.3) is 0 Å². The van der Waals surface area contributed by atoms with E-state index in [1.54, 1.807) is 54.6 Å². The Morgan fingerprint density at radius 1 is 0.964 bits per heavy atom. The molecule has 6 atom stereocenters. The van der Waals surface area contributed by atoms with Crippen molar-refractivity contribution >= 4 is 52.7 Å². The number of carbonyl (C=O) groups is 6. The van der Waals surface area contributed by atoms with Crippen molar-refractivity contribution in [2.45, 2.75) is 77.4 Å². The molecule has 4 aromatic rings. The fraction of sp³-hybridized carbons (Fsp3) is 0.389. The molecule has 1 aromatic carbocycles. The number of hydrogen-bond acceptors (Lipinski definition) is 16. The number of carbonyl (C=O) groups excluding carboxylic acids is 6. The second kappa shape index (κ2) is 17.5. The molecular weight excluding hydrogens is 736 g/mol. The van der Waals surface area contributed by atoms with Crippen molar-refractivity contribution in [3.63, 3.8) is 0 Å². The van der Waals surface area contributed by atoms with E-state index in [0.29, 0.717) is 27.9 Å². The molecule has 20 nitrogen and oxygen atoms in total. The Hall–Kier alpha value is -6.88. The molecule has 2 amide bonds. The zero-order chi connectivity index (χ0) is 40.7. The normalized spacial score (nSPS) is 19.5. The second-order valence-corrected chi connectivity index (χ2v) is 12.6. The van der Waals surface area contributed by atoms with Crippen molar-refractivity contribution in [3.05, 3.63) is 60.8 Å². The molecule has 1 fully saturated rings. The predicted molar refractivity (Wildman–Crippen MR) is 190 cm³/mol. The van der Waals surface area contributed by atoms with E-state index in [-0.39, 0.29) is 24.7 Å². The van der Waals surface area contributed by atoms with E-state index in [1.807, 2.05) is 6.92 Å². The number of esters is 4. The minimum Gasteiger partial charge on any atom is -0.467 e. The van der Waals surface area contributed by atoms with E-state index in [2.05, 4.69) is 26.5 Å². The highest BCUT2D eigenvalue weighted by Crippen LogP contribution is 2.31. The summed E-state index contributed by atoms with van der Waals surface area (Å²) in [4.78, 5) is 86.2. The minimum absolute atomic E-state index is 0.0184. The number of anilines is 1. The van der Waals surface area contributed by atoms with Crippen LogP contribution >= 0.6 is 0 Å². The third-order valence-corrected chi connectivity index (χ3v) is 8.45. The summed E-state index contributed by atoms with van der Waals surface area (Å²) in [5.41, 5.74) is 2.23. The molecule has 1 aliphatic rings. The topological polar surface area (TPSA) is 245 Å². The van der Waals surface area contributed by atoms with Gasteiger partial charge in [-0.1, -0.05) is 18.2 Å². The monoisotopic (exact) mass is 774 g/mol. The SMILES string of the molecule is COC(=O)[C@H]1O[C@@H](OC(=O)Nc2ccccc2CN(C)C(=O)n2ccc3c(-c4cnn([C@@H](C)CC#N)c4)ncnc32)[C@H](OC(C)=O)[C@@H](OC(C)=O)[C@@H]1OC(C)=O. The van der Waals surface area contributed by atoms with E-state index in [4.69, 9.17) is 33.7 Å². The first-order valence-electron chi connectivity index (χ1n) is 17.0. The molecule has 1 saturated heterocycles. The molecule has 56 heavy (non-hydrogen) atoms. The largest absolute Gasteiger partial charge is 0.467 e. The number of nitriles is 1. The van der Waals surface area contributed by atoms with Crippen LogP contribution < -0.4 is 5.32 Å². The van der Waals surface area contributed by atoms with Gasteiger partial charge in [0.1, 0.15) is 6.33 Å². The third-order valence-electron chi connectivity index (χ3n) is 8.45. The molecule has 20 heteroatoms. The van der Waals surface area contributed by atoms with E-state index in [1.165, 1.54) is 21.9 Å². The number of fused-ring (bicyclic) bond motifs is 1. The van der Waals surface area contributed by atoms with Crippen LogP contribution in [0, 0.1) is 11.3 Å². The number of nitrogens with zero attached hydrogens (tertiary/aromatic N) is 7. The number of methoxy groups -OCH3 is 1. The molecule has 0 spiro atoms. The summed E-state index contributed by atoms with van der Waals surface area (Å²) in [6.07, 6.45) is -3.24. The fourth-order valence-electron chi connectivity index (χ4n) is 5.97. The summed E-state index contributed by atoms with van der Waals surface area (Å²) in [5, 5.41) is 16.6. The number of ether oxygens (including phenoxy) is 6. The van der Waals surface area contributed by atoms with Crippen LogP contribution in [0.5, 0.6) is 0 Å². The van der Waals surface area contributed by atoms with Gasteiger partial charge >= 0.3 is 36.0 Å².